The van der Waals surface area contributed by atoms with E-state index < -0.39 is 0 Å². The molecule has 8 nitrogen and oxygen atoms in total. The molecule has 30 heavy (non-hydrogen) atoms. The predicted molar refractivity (Wildman–Crippen MR) is 108 cm³/mol. The van der Waals surface area contributed by atoms with E-state index in [-0.39, 0.29) is 18.0 Å². The SMILES string of the molecule is CC1CN(c2nc3c(-c4noc(C5CC5)n4)ncn3c3cccc(F)c23)C(C)CO1. The average Bonchev–Trinajstić information content (AvgIpc) is 3.31. The predicted octanol–water partition coefficient (Wildman–Crippen LogP) is 3.56. The molecule has 0 amide bonds. The van der Waals surface area contributed by atoms with Gasteiger partial charge in [-0.05, 0) is 38.8 Å². The van der Waals surface area contributed by atoms with E-state index in [0.29, 0.717) is 58.8 Å². The fraction of sp³-hybridized carbons (Fsp3) is 0.429. The Hall–Kier alpha value is -3.07. The summed E-state index contributed by atoms with van der Waals surface area (Å²) in [6.07, 6.45) is 3.82. The Labute approximate surface area is 171 Å². The number of aromatic nitrogens is 5. The van der Waals surface area contributed by atoms with E-state index in [1.54, 1.807) is 16.8 Å². The summed E-state index contributed by atoms with van der Waals surface area (Å²) in [6.45, 7) is 5.26. The van der Waals surface area contributed by atoms with Gasteiger partial charge in [-0.15, -0.1) is 0 Å². The Morgan fingerprint density at radius 1 is 1.17 bits per heavy atom. The van der Waals surface area contributed by atoms with Gasteiger partial charge in [0.05, 0.1) is 29.7 Å². The Kier molecular flexibility index (Phi) is 3.83. The van der Waals surface area contributed by atoms with Crippen LogP contribution in [0, 0.1) is 5.82 Å². The van der Waals surface area contributed by atoms with Gasteiger partial charge in [-0.25, -0.2) is 14.4 Å². The topological polar surface area (TPSA) is 81.6 Å². The van der Waals surface area contributed by atoms with Crippen molar-refractivity contribution in [1.29, 1.82) is 0 Å². The van der Waals surface area contributed by atoms with Gasteiger partial charge in [0, 0.05) is 12.5 Å². The van der Waals surface area contributed by atoms with Crippen molar-refractivity contribution in [2.75, 3.05) is 18.1 Å². The number of rotatable bonds is 3. The molecule has 2 fully saturated rings. The molecule has 1 saturated carbocycles. The van der Waals surface area contributed by atoms with Crippen molar-refractivity contribution in [3.05, 3.63) is 36.2 Å². The van der Waals surface area contributed by atoms with E-state index in [2.05, 4.69) is 26.9 Å². The molecule has 2 aliphatic rings. The maximum Gasteiger partial charge on any atom is 0.230 e. The molecule has 0 N–H and O–H groups in total. The van der Waals surface area contributed by atoms with Crippen molar-refractivity contribution in [3.8, 4) is 11.5 Å². The van der Waals surface area contributed by atoms with Crippen molar-refractivity contribution >= 4 is 22.4 Å². The lowest BCUT2D eigenvalue weighted by Crippen LogP contribution is -2.48. The van der Waals surface area contributed by atoms with Crippen LogP contribution in [0.3, 0.4) is 0 Å². The fourth-order valence-electron chi connectivity index (χ4n) is 4.11. The smallest absolute Gasteiger partial charge is 0.230 e. The first-order chi connectivity index (χ1) is 14.6. The molecule has 4 heterocycles. The van der Waals surface area contributed by atoms with Crippen LogP contribution in [0.4, 0.5) is 10.2 Å². The lowest BCUT2D eigenvalue weighted by Gasteiger charge is -2.38. The van der Waals surface area contributed by atoms with Crippen molar-refractivity contribution in [3.63, 3.8) is 0 Å². The van der Waals surface area contributed by atoms with Crippen LogP contribution in [-0.2, 0) is 4.74 Å². The Morgan fingerprint density at radius 2 is 2.03 bits per heavy atom. The highest BCUT2D eigenvalue weighted by Crippen LogP contribution is 2.40. The van der Waals surface area contributed by atoms with Crippen molar-refractivity contribution in [2.24, 2.45) is 0 Å². The minimum atomic E-state index is -0.311. The van der Waals surface area contributed by atoms with Crippen molar-refractivity contribution in [2.45, 2.75) is 44.8 Å². The van der Waals surface area contributed by atoms with Gasteiger partial charge in [0.15, 0.2) is 11.3 Å². The number of morpholine rings is 1. The molecule has 1 aliphatic heterocycles. The van der Waals surface area contributed by atoms with Crippen LogP contribution >= 0.6 is 0 Å². The minimum absolute atomic E-state index is 0.0312. The standard InChI is InChI=1S/C21H21FN6O2/c1-11-9-29-12(2)8-27(11)19-16-14(22)4-3-5-15(16)28-10-23-17(20(28)25-19)18-24-21(30-26-18)13-6-7-13/h3-5,10-13H,6-9H2,1-2H3. The average molecular weight is 408 g/mol. The first-order valence-electron chi connectivity index (χ1n) is 10.3. The Bertz CT molecular complexity index is 1260. The normalized spacial score (nSPS) is 22.3. The molecule has 154 valence electrons. The van der Waals surface area contributed by atoms with Crippen LogP contribution in [0.25, 0.3) is 28.1 Å². The summed E-state index contributed by atoms with van der Waals surface area (Å²) in [4.78, 5) is 16.0. The number of ether oxygens (including phenoxy) is 1. The number of halogens is 1. The molecule has 9 heteroatoms. The van der Waals surface area contributed by atoms with Gasteiger partial charge in [-0.3, -0.25) is 4.40 Å². The van der Waals surface area contributed by atoms with Gasteiger partial charge >= 0.3 is 0 Å². The second-order valence-corrected chi connectivity index (χ2v) is 8.23. The van der Waals surface area contributed by atoms with Crippen molar-refractivity contribution in [1.82, 2.24) is 24.5 Å². The third-order valence-electron chi connectivity index (χ3n) is 5.89. The molecule has 3 aromatic heterocycles. The zero-order valence-electron chi connectivity index (χ0n) is 16.7. The molecule has 1 aromatic carbocycles. The van der Waals surface area contributed by atoms with Crippen LogP contribution in [-0.4, -0.2) is 49.8 Å². The lowest BCUT2D eigenvalue weighted by molar-refractivity contribution is 0.0342. The highest BCUT2D eigenvalue weighted by molar-refractivity contribution is 5.94. The molecule has 2 unspecified atom stereocenters. The number of imidazole rings is 1. The molecule has 6 rings (SSSR count). The van der Waals surface area contributed by atoms with E-state index in [9.17, 15) is 0 Å². The highest BCUT2D eigenvalue weighted by atomic mass is 19.1. The lowest BCUT2D eigenvalue weighted by atomic mass is 10.1. The van der Waals surface area contributed by atoms with E-state index in [1.807, 2.05) is 13.0 Å². The van der Waals surface area contributed by atoms with Gasteiger partial charge in [0.2, 0.25) is 11.7 Å². The van der Waals surface area contributed by atoms with Gasteiger partial charge in [-0.2, -0.15) is 4.98 Å². The molecule has 0 spiro atoms. The molecule has 1 saturated heterocycles. The summed E-state index contributed by atoms with van der Waals surface area (Å²) in [7, 11) is 0. The maximum absolute atomic E-state index is 15.0. The second kappa shape index (κ2) is 6.46. The van der Waals surface area contributed by atoms with E-state index in [0.717, 1.165) is 12.8 Å². The summed E-state index contributed by atoms with van der Waals surface area (Å²) in [6, 6.07) is 5.11. The molecule has 0 radical (unpaired) electrons. The van der Waals surface area contributed by atoms with Crippen LogP contribution in [0.5, 0.6) is 0 Å². The van der Waals surface area contributed by atoms with Gasteiger partial charge < -0.3 is 14.2 Å². The first-order valence-corrected chi connectivity index (χ1v) is 10.3. The third-order valence-corrected chi connectivity index (χ3v) is 5.89. The van der Waals surface area contributed by atoms with Crippen LogP contribution < -0.4 is 4.90 Å². The monoisotopic (exact) mass is 408 g/mol. The molecular weight excluding hydrogens is 387 g/mol. The fourth-order valence-corrected chi connectivity index (χ4v) is 4.11. The van der Waals surface area contributed by atoms with Gasteiger partial charge in [-0.1, -0.05) is 11.2 Å². The first kappa shape index (κ1) is 17.8. The molecule has 4 aromatic rings. The Morgan fingerprint density at radius 3 is 2.87 bits per heavy atom. The summed E-state index contributed by atoms with van der Waals surface area (Å²) in [5, 5.41) is 4.60. The summed E-state index contributed by atoms with van der Waals surface area (Å²) < 4.78 is 28.0. The zero-order chi connectivity index (χ0) is 20.4. The van der Waals surface area contributed by atoms with E-state index in [4.69, 9.17) is 14.2 Å². The maximum atomic E-state index is 15.0. The van der Waals surface area contributed by atoms with Crippen LogP contribution in [0.15, 0.2) is 29.0 Å². The number of anilines is 1. The molecule has 0 bridgehead atoms. The number of benzene rings is 1. The largest absolute Gasteiger partial charge is 0.375 e. The van der Waals surface area contributed by atoms with E-state index >= 15 is 4.39 Å². The number of nitrogens with zero attached hydrogens (tertiary/aromatic N) is 6. The minimum Gasteiger partial charge on any atom is -0.375 e. The Balaban J connectivity index is 1.59. The summed E-state index contributed by atoms with van der Waals surface area (Å²) >= 11 is 0. The highest BCUT2D eigenvalue weighted by Gasteiger charge is 2.32. The summed E-state index contributed by atoms with van der Waals surface area (Å²) in [5.74, 6) is 1.69. The quantitative estimate of drug-likeness (QED) is 0.513. The van der Waals surface area contributed by atoms with Gasteiger partial charge in [0.1, 0.15) is 18.0 Å². The van der Waals surface area contributed by atoms with E-state index in [1.165, 1.54) is 6.07 Å². The number of hydrogen-bond acceptors (Lipinski definition) is 7. The van der Waals surface area contributed by atoms with Crippen LogP contribution in [0.2, 0.25) is 0 Å². The number of fused-ring (bicyclic) bond motifs is 3. The molecule has 2 atom stereocenters. The second-order valence-electron chi connectivity index (χ2n) is 8.23. The molecule has 1 aliphatic carbocycles. The third kappa shape index (κ3) is 2.68. The van der Waals surface area contributed by atoms with Crippen molar-refractivity contribution < 1.29 is 13.7 Å². The van der Waals surface area contributed by atoms with Crippen LogP contribution in [0.1, 0.15) is 38.5 Å². The zero-order valence-corrected chi connectivity index (χ0v) is 16.7. The van der Waals surface area contributed by atoms with Gasteiger partial charge in [0.25, 0.3) is 0 Å². The molecular formula is C21H21FN6O2. The number of hydrogen-bond donors (Lipinski definition) is 0. The summed E-state index contributed by atoms with van der Waals surface area (Å²) in [5.41, 5.74) is 1.82.